The molecular weight excluding hydrogens is 287 g/mol. The van der Waals surface area contributed by atoms with Crippen LogP contribution in [0, 0.1) is 0 Å². The highest BCUT2D eigenvalue weighted by Gasteiger charge is 2.30. The highest BCUT2D eigenvalue weighted by molar-refractivity contribution is 7.99. The number of alkyl halides is 3. The third-order valence-corrected chi connectivity index (χ3v) is 4.64. The van der Waals surface area contributed by atoms with E-state index in [4.69, 9.17) is 0 Å². The topological polar surface area (TPSA) is 32.3 Å². The first-order valence-corrected chi connectivity index (χ1v) is 7.78. The van der Waals surface area contributed by atoms with Gasteiger partial charge in [-0.1, -0.05) is 12.1 Å². The van der Waals surface area contributed by atoms with Gasteiger partial charge in [0.1, 0.15) is 0 Å². The summed E-state index contributed by atoms with van der Waals surface area (Å²) in [4.78, 5) is 0. The normalized spacial score (nSPS) is 21.7. The molecule has 2 N–H and O–H groups in total. The second kappa shape index (κ2) is 6.83. The van der Waals surface area contributed by atoms with Crippen LogP contribution in [0.5, 0.6) is 0 Å². The summed E-state index contributed by atoms with van der Waals surface area (Å²) >= 11 is 1.86. The van der Waals surface area contributed by atoms with Gasteiger partial charge in [0, 0.05) is 11.8 Å². The summed E-state index contributed by atoms with van der Waals surface area (Å²) in [6, 6.07) is 5.01. The summed E-state index contributed by atoms with van der Waals surface area (Å²) < 4.78 is 37.5. The number of aliphatic hydroxyl groups excluding tert-OH is 1. The van der Waals surface area contributed by atoms with E-state index in [1.807, 2.05) is 11.8 Å². The molecule has 0 spiro atoms. The molecule has 2 atom stereocenters. The monoisotopic (exact) mass is 305 g/mol. The summed E-state index contributed by atoms with van der Waals surface area (Å²) in [5, 5.41) is 12.8. The van der Waals surface area contributed by atoms with Crippen molar-refractivity contribution in [1.29, 1.82) is 0 Å². The minimum atomic E-state index is -4.32. The van der Waals surface area contributed by atoms with E-state index in [2.05, 4.69) is 5.32 Å². The number of hydrogen-bond donors (Lipinski definition) is 2. The molecule has 0 bridgehead atoms. The number of thioether (sulfide) groups is 1. The van der Waals surface area contributed by atoms with Crippen LogP contribution in [0.25, 0.3) is 0 Å². The van der Waals surface area contributed by atoms with E-state index >= 15 is 0 Å². The molecule has 1 fully saturated rings. The maximum absolute atomic E-state index is 12.5. The molecule has 20 heavy (non-hydrogen) atoms. The van der Waals surface area contributed by atoms with Gasteiger partial charge >= 0.3 is 6.18 Å². The zero-order valence-electron chi connectivity index (χ0n) is 11.0. The third kappa shape index (κ3) is 4.14. The largest absolute Gasteiger partial charge is 0.416 e. The minimum absolute atomic E-state index is 0.119. The van der Waals surface area contributed by atoms with Crippen LogP contribution in [0.2, 0.25) is 0 Å². The Kier molecular flexibility index (Phi) is 5.35. The van der Waals surface area contributed by atoms with Gasteiger partial charge in [0.15, 0.2) is 0 Å². The van der Waals surface area contributed by atoms with Gasteiger partial charge in [-0.3, -0.25) is 0 Å². The fourth-order valence-electron chi connectivity index (χ4n) is 2.32. The first-order valence-electron chi connectivity index (χ1n) is 6.62. The van der Waals surface area contributed by atoms with Crippen molar-refractivity contribution in [3.05, 3.63) is 35.4 Å². The molecule has 112 valence electrons. The Hall–Kier alpha value is -0.720. The minimum Gasteiger partial charge on any atom is -0.394 e. The van der Waals surface area contributed by atoms with Gasteiger partial charge in [0.2, 0.25) is 0 Å². The van der Waals surface area contributed by atoms with Crippen molar-refractivity contribution < 1.29 is 18.3 Å². The predicted molar refractivity (Wildman–Crippen MR) is 74.8 cm³/mol. The van der Waals surface area contributed by atoms with E-state index in [-0.39, 0.29) is 12.6 Å². The maximum atomic E-state index is 12.5. The molecule has 2 rings (SSSR count). The average molecular weight is 305 g/mol. The summed E-state index contributed by atoms with van der Waals surface area (Å²) in [7, 11) is 0. The molecule has 0 saturated carbocycles. The lowest BCUT2D eigenvalue weighted by molar-refractivity contribution is -0.137. The Balaban J connectivity index is 2.03. The van der Waals surface area contributed by atoms with Crippen LogP contribution in [-0.2, 0) is 6.18 Å². The zero-order valence-corrected chi connectivity index (χ0v) is 11.8. The molecule has 2 nitrogen and oxygen atoms in total. The van der Waals surface area contributed by atoms with Crippen molar-refractivity contribution in [3.8, 4) is 0 Å². The van der Waals surface area contributed by atoms with E-state index < -0.39 is 11.7 Å². The van der Waals surface area contributed by atoms with Gasteiger partial charge in [0.05, 0.1) is 18.2 Å². The smallest absolute Gasteiger partial charge is 0.394 e. The number of benzene rings is 1. The first-order chi connectivity index (χ1) is 9.50. The zero-order chi connectivity index (χ0) is 14.6. The van der Waals surface area contributed by atoms with Crippen LogP contribution >= 0.6 is 11.8 Å². The summed E-state index contributed by atoms with van der Waals surface area (Å²) in [5.74, 6) is 2.14. The number of halogens is 3. The lowest BCUT2D eigenvalue weighted by Gasteiger charge is -2.27. The number of rotatable bonds is 4. The van der Waals surface area contributed by atoms with Crippen LogP contribution in [-0.4, -0.2) is 29.3 Å². The van der Waals surface area contributed by atoms with Crippen molar-refractivity contribution in [3.63, 3.8) is 0 Å². The van der Waals surface area contributed by atoms with E-state index in [1.54, 1.807) is 0 Å². The first kappa shape index (κ1) is 15.7. The fraction of sp³-hybridized carbons (Fsp3) is 0.571. The molecular formula is C14H18F3NOS. The number of aliphatic hydroxyl groups is 1. The Bertz CT molecular complexity index is 415. The quantitative estimate of drug-likeness (QED) is 0.896. The lowest BCUT2D eigenvalue weighted by atomic mass is 10.0. The van der Waals surface area contributed by atoms with Crippen LogP contribution in [0.1, 0.15) is 30.0 Å². The summed E-state index contributed by atoms with van der Waals surface area (Å²) in [6.45, 7) is -0.119. The molecule has 1 aliphatic heterocycles. The van der Waals surface area contributed by atoms with Gasteiger partial charge in [0.25, 0.3) is 0 Å². The molecule has 1 heterocycles. The molecule has 1 aromatic rings. The van der Waals surface area contributed by atoms with E-state index in [1.165, 1.54) is 12.1 Å². The number of hydrogen-bond acceptors (Lipinski definition) is 3. The molecule has 1 aromatic carbocycles. The molecule has 1 aliphatic rings. The second-order valence-electron chi connectivity index (χ2n) is 4.94. The van der Waals surface area contributed by atoms with E-state index in [0.29, 0.717) is 11.6 Å². The Morgan fingerprint density at radius 3 is 2.50 bits per heavy atom. The highest BCUT2D eigenvalue weighted by atomic mass is 32.2. The lowest BCUT2D eigenvalue weighted by Crippen LogP contribution is -2.38. The predicted octanol–water partition coefficient (Wildman–Crippen LogP) is 3.22. The highest BCUT2D eigenvalue weighted by Crippen LogP contribution is 2.30. The van der Waals surface area contributed by atoms with Gasteiger partial charge in [-0.2, -0.15) is 24.9 Å². The van der Waals surface area contributed by atoms with Crippen molar-refractivity contribution in [1.82, 2.24) is 5.32 Å². The van der Waals surface area contributed by atoms with E-state index in [9.17, 15) is 18.3 Å². The van der Waals surface area contributed by atoms with E-state index in [0.717, 1.165) is 36.5 Å². The van der Waals surface area contributed by atoms with Crippen LogP contribution in [0.4, 0.5) is 13.2 Å². The molecule has 0 aliphatic carbocycles. The third-order valence-electron chi connectivity index (χ3n) is 3.42. The molecule has 0 radical (unpaired) electrons. The van der Waals surface area contributed by atoms with Crippen LogP contribution in [0.15, 0.2) is 24.3 Å². The van der Waals surface area contributed by atoms with Gasteiger partial charge in [-0.15, -0.1) is 0 Å². The molecule has 6 heteroatoms. The SMILES string of the molecule is OC[C@@H](N[C@@H]1CCCSC1)c1ccc(C(F)(F)F)cc1. The fourth-order valence-corrected chi connectivity index (χ4v) is 3.40. The molecule has 0 aromatic heterocycles. The molecule has 0 unspecified atom stereocenters. The van der Waals surface area contributed by atoms with Gasteiger partial charge in [-0.25, -0.2) is 0 Å². The standard InChI is InChI=1S/C14H18F3NOS/c15-14(16,17)11-5-3-10(4-6-11)13(8-19)18-12-2-1-7-20-9-12/h3-6,12-13,18-19H,1-2,7-9H2/t12-,13-/m1/s1. The van der Waals surface area contributed by atoms with Crippen LogP contribution < -0.4 is 5.32 Å². The van der Waals surface area contributed by atoms with Crippen molar-refractivity contribution >= 4 is 11.8 Å². The maximum Gasteiger partial charge on any atom is 0.416 e. The van der Waals surface area contributed by atoms with Gasteiger partial charge < -0.3 is 10.4 Å². The Labute approximate surface area is 120 Å². The number of nitrogens with one attached hydrogen (secondary N) is 1. The molecule has 1 saturated heterocycles. The Morgan fingerprint density at radius 1 is 1.30 bits per heavy atom. The van der Waals surface area contributed by atoms with Crippen molar-refractivity contribution in [2.45, 2.75) is 31.1 Å². The van der Waals surface area contributed by atoms with Gasteiger partial charge in [-0.05, 0) is 36.3 Å². The summed E-state index contributed by atoms with van der Waals surface area (Å²) in [5.41, 5.74) is 0.0298. The van der Waals surface area contributed by atoms with Crippen LogP contribution in [0.3, 0.4) is 0 Å². The second-order valence-corrected chi connectivity index (χ2v) is 6.09. The Morgan fingerprint density at radius 2 is 2.00 bits per heavy atom. The molecule has 0 amide bonds. The summed E-state index contributed by atoms with van der Waals surface area (Å²) in [6.07, 6.45) is -2.14. The average Bonchev–Trinajstić information content (AvgIpc) is 2.45. The van der Waals surface area contributed by atoms with Crippen molar-refractivity contribution in [2.24, 2.45) is 0 Å². The van der Waals surface area contributed by atoms with Crippen molar-refractivity contribution in [2.75, 3.05) is 18.1 Å².